The first-order valence-electron chi connectivity index (χ1n) is 12.6. The molecule has 2 heterocycles. The summed E-state index contributed by atoms with van der Waals surface area (Å²) >= 11 is 2.48. The van der Waals surface area contributed by atoms with Crippen LogP contribution in [-0.4, -0.2) is 42.2 Å². The number of thiazole rings is 1. The van der Waals surface area contributed by atoms with Gasteiger partial charge in [-0.2, -0.15) is 0 Å². The van der Waals surface area contributed by atoms with E-state index in [2.05, 4.69) is 25.8 Å². The fraction of sp³-hybridized carbons (Fsp3) is 0.296. The standard InChI is InChI=1S/C27H29N7O4S2/c1-5-33-24(23(16(2)3)30-25(36)18-9-7-6-8-10-18)31-32-27(33)40-15-22(35)29-26-28-20(14-39-26)19-12-11-17(4)21(13-19)34(37)38/h6-14,16,23H,5,15H2,1-4H3,(H,30,36)(H,28,29,35)/t23-/m0/s1. The first kappa shape index (κ1) is 28.9. The second-order valence-corrected chi connectivity index (χ2v) is 11.1. The lowest BCUT2D eigenvalue weighted by atomic mass is 10.0. The van der Waals surface area contributed by atoms with Crippen LogP contribution in [0.1, 0.15) is 48.6 Å². The van der Waals surface area contributed by atoms with Gasteiger partial charge in [0.2, 0.25) is 5.91 Å². The predicted octanol–water partition coefficient (Wildman–Crippen LogP) is 5.50. The van der Waals surface area contributed by atoms with Crippen LogP contribution in [-0.2, 0) is 11.3 Å². The van der Waals surface area contributed by atoms with Gasteiger partial charge in [-0.25, -0.2) is 4.98 Å². The van der Waals surface area contributed by atoms with Gasteiger partial charge in [0, 0.05) is 34.7 Å². The van der Waals surface area contributed by atoms with Gasteiger partial charge in [-0.15, -0.1) is 21.5 Å². The maximum atomic E-state index is 12.8. The van der Waals surface area contributed by atoms with Crippen molar-refractivity contribution in [3.8, 4) is 11.3 Å². The molecule has 0 radical (unpaired) electrons. The predicted molar refractivity (Wildman–Crippen MR) is 155 cm³/mol. The number of nitrogens with one attached hydrogen (secondary N) is 2. The second-order valence-electron chi connectivity index (χ2n) is 9.28. The molecule has 2 N–H and O–H groups in total. The van der Waals surface area contributed by atoms with Crippen molar-refractivity contribution in [3.63, 3.8) is 0 Å². The number of hydrogen-bond acceptors (Lipinski definition) is 9. The number of carbonyl (C=O) groups is 2. The number of hydrogen-bond donors (Lipinski definition) is 2. The van der Waals surface area contributed by atoms with Gasteiger partial charge in [0.05, 0.1) is 22.4 Å². The number of anilines is 1. The lowest BCUT2D eigenvalue weighted by molar-refractivity contribution is -0.385. The molecule has 40 heavy (non-hydrogen) atoms. The van der Waals surface area contributed by atoms with Crippen LogP contribution in [0.4, 0.5) is 10.8 Å². The molecule has 0 spiro atoms. The molecule has 2 aromatic carbocycles. The molecule has 2 amide bonds. The zero-order valence-electron chi connectivity index (χ0n) is 22.5. The van der Waals surface area contributed by atoms with Crippen LogP contribution < -0.4 is 10.6 Å². The van der Waals surface area contributed by atoms with E-state index in [4.69, 9.17) is 0 Å². The first-order valence-corrected chi connectivity index (χ1v) is 14.5. The van der Waals surface area contributed by atoms with Gasteiger partial charge >= 0.3 is 0 Å². The maximum absolute atomic E-state index is 12.8. The van der Waals surface area contributed by atoms with Crippen LogP contribution in [0.5, 0.6) is 0 Å². The number of nitro groups is 1. The summed E-state index contributed by atoms with van der Waals surface area (Å²) in [5.74, 6) is 0.289. The van der Waals surface area contributed by atoms with E-state index in [1.807, 2.05) is 43.5 Å². The first-order chi connectivity index (χ1) is 19.2. The summed E-state index contributed by atoms with van der Waals surface area (Å²) in [6.45, 7) is 8.21. The Morgan fingerprint density at radius 2 is 1.90 bits per heavy atom. The molecule has 0 aliphatic rings. The molecule has 1 atom stereocenters. The summed E-state index contributed by atoms with van der Waals surface area (Å²) in [7, 11) is 0. The van der Waals surface area contributed by atoms with Crippen LogP contribution in [0.3, 0.4) is 0 Å². The van der Waals surface area contributed by atoms with Gasteiger partial charge in [0.25, 0.3) is 11.6 Å². The van der Waals surface area contributed by atoms with Gasteiger partial charge < -0.3 is 15.2 Å². The number of aromatic nitrogens is 4. The third kappa shape index (κ3) is 6.72. The number of thioether (sulfide) groups is 1. The third-order valence-electron chi connectivity index (χ3n) is 6.11. The second kappa shape index (κ2) is 12.8. The number of benzene rings is 2. The highest BCUT2D eigenvalue weighted by molar-refractivity contribution is 7.99. The van der Waals surface area contributed by atoms with Gasteiger partial charge in [-0.1, -0.05) is 55.9 Å². The fourth-order valence-electron chi connectivity index (χ4n) is 3.99. The molecular weight excluding hydrogens is 550 g/mol. The van der Waals surface area contributed by atoms with Crippen molar-refractivity contribution in [2.24, 2.45) is 5.92 Å². The lowest BCUT2D eigenvalue weighted by Gasteiger charge is -2.22. The normalized spacial score (nSPS) is 11.8. The third-order valence-corrected chi connectivity index (χ3v) is 7.84. The van der Waals surface area contributed by atoms with E-state index in [1.54, 1.807) is 36.6 Å². The Balaban J connectivity index is 1.41. The van der Waals surface area contributed by atoms with Crippen molar-refractivity contribution in [1.29, 1.82) is 0 Å². The van der Waals surface area contributed by atoms with Gasteiger partial charge in [0.15, 0.2) is 16.1 Å². The van der Waals surface area contributed by atoms with Gasteiger partial charge in [-0.05, 0) is 31.9 Å². The highest BCUT2D eigenvalue weighted by atomic mass is 32.2. The van der Waals surface area contributed by atoms with Crippen LogP contribution in [0, 0.1) is 23.0 Å². The highest BCUT2D eigenvalue weighted by Gasteiger charge is 2.26. The fourth-order valence-corrected chi connectivity index (χ4v) is 5.54. The highest BCUT2D eigenvalue weighted by Crippen LogP contribution is 2.30. The number of carbonyl (C=O) groups excluding carboxylic acids is 2. The van der Waals surface area contributed by atoms with E-state index in [0.717, 1.165) is 0 Å². The van der Waals surface area contributed by atoms with Crippen molar-refractivity contribution in [3.05, 3.63) is 81.0 Å². The zero-order chi connectivity index (χ0) is 28.8. The zero-order valence-corrected chi connectivity index (χ0v) is 24.1. The molecular formula is C27H29N7O4S2. The lowest BCUT2D eigenvalue weighted by Crippen LogP contribution is -2.33. The Labute approximate surface area is 239 Å². The number of rotatable bonds is 11. The molecule has 0 unspecified atom stereocenters. The van der Waals surface area contributed by atoms with E-state index in [0.29, 0.717) is 45.0 Å². The Hall–Kier alpha value is -4.10. The largest absolute Gasteiger partial charge is 0.342 e. The van der Waals surface area contributed by atoms with E-state index in [1.165, 1.54) is 29.2 Å². The van der Waals surface area contributed by atoms with Crippen LogP contribution in [0.2, 0.25) is 0 Å². The summed E-state index contributed by atoms with van der Waals surface area (Å²) in [5.41, 5.74) is 2.30. The summed E-state index contributed by atoms with van der Waals surface area (Å²) in [4.78, 5) is 40.8. The molecule has 208 valence electrons. The molecule has 11 nitrogen and oxygen atoms in total. The Kier molecular flexibility index (Phi) is 9.27. The molecule has 2 aromatic heterocycles. The molecule has 0 aliphatic carbocycles. The van der Waals surface area contributed by atoms with Gasteiger partial charge in [0.1, 0.15) is 0 Å². The van der Waals surface area contributed by atoms with E-state index in [-0.39, 0.29) is 35.2 Å². The minimum atomic E-state index is -0.424. The SMILES string of the molecule is CCn1c(SCC(=O)Nc2nc(-c3ccc(C)c([N+](=O)[O-])c3)cs2)nnc1[C@@H](NC(=O)c1ccccc1)C(C)C. The molecule has 4 rings (SSSR count). The number of aryl methyl sites for hydroxylation is 1. The van der Waals surface area contributed by atoms with Crippen LogP contribution in [0.25, 0.3) is 11.3 Å². The van der Waals surface area contributed by atoms with Crippen molar-refractivity contribution in [2.75, 3.05) is 11.1 Å². The van der Waals surface area contributed by atoms with Gasteiger partial charge in [-0.3, -0.25) is 19.7 Å². The summed E-state index contributed by atoms with van der Waals surface area (Å²) in [6.07, 6.45) is 0. The number of amides is 2. The van der Waals surface area contributed by atoms with E-state index in [9.17, 15) is 19.7 Å². The Morgan fingerprint density at radius 1 is 1.15 bits per heavy atom. The molecule has 0 saturated carbocycles. The van der Waals surface area contributed by atoms with Crippen molar-refractivity contribution >= 4 is 45.7 Å². The maximum Gasteiger partial charge on any atom is 0.272 e. The minimum Gasteiger partial charge on any atom is -0.342 e. The van der Waals surface area contributed by atoms with Crippen molar-refractivity contribution in [1.82, 2.24) is 25.1 Å². The summed E-state index contributed by atoms with van der Waals surface area (Å²) < 4.78 is 1.90. The van der Waals surface area contributed by atoms with Crippen LogP contribution in [0.15, 0.2) is 59.1 Å². The smallest absolute Gasteiger partial charge is 0.272 e. The molecule has 0 bridgehead atoms. The van der Waals surface area contributed by atoms with E-state index >= 15 is 0 Å². The molecule has 4 aromatic rings. The topological polar surface area (TPSA) is 145 Å². The monoisotopic (exact) mass is 579 g/mol. The summed E-state index contributed by atoms with van der Waals surface area (Å²) in [5, 5.41) is 28.5. The Morgan fingerprint density at radius 3 is 2.58 bits per heavy atom. The Bertz CT molecular complexity index is 1520. The quantitative estimate of drug-likeness (QED) is 0.135. The average molecular weight is 580 g/mol. The average Bonchev–Trinajstić information content (AvgIpc) is 3.57. The van der Waals surface area contributed by atoms with E-state index < -0.39 is 4.92 Å². The van der Waals surface area contributed by atoms with Crippen LogP contribution >= 0.6 is 23.1 Å². The molecule has 0 saturated heterocycles. The molecule has 0 fully saturated rings. The summed E-state index contributed by atoms with van der Waals surface area (Å²) in [6, 6.07) is 13.6. The minimum absolute atomic E-state index is 0.0197. The number of nitro benzene ring substituents is 1. The van der Waals surface area contributed by atoms with Crippen molar-refractivity contribution < 1.29 is 14.5 Å². The molecule has 13 heteroatoms. The molecule has 0 aliphatic heterocycles. The van der Waals surface area contributed by atoms with Crippen molar-refractivity contribution in [2.45, 2.75) is 45.4 Å². The number of nitrogens with zero attached hydrogens (tertiary/aromatic N) is 5.